The Labute approximate surface area is 252 Å². The molecule has 1 heterocycles. The van der Waals surface area contributed by atoms with E-state index in [0.717, 1.165) is 22.5 Å². The minimum Gasteiger partial charge on any atom is -0.493 e. The molecule has 3 aliphatic rings. The summed E-state index contributed by atoms with van der Waals surface area (Å²) in [6.07, 6.45) is 2.21. The Morgan fingerprint density at radius 2 is 1.48 bits per heavy atom. The molecule has 2 aromatic carbocycles. The zero-order valence-electron chi connectivity index (χ0n) is 25.2. The predicted octanol–water partition coefficient (Wildman–Crippen LogP) is 7.40. The van der Waals surface area contributed by atoms with Crippen LogP contribution in [0.2, 0.25) is 5.02 Å². The maximum Gasteiger partial charge on any atom is 0.180 e. The Kier molecular flexibility index (Phi) is 8.29. The third-order valence-corrected chi connectivity index (χ3v) is 8.70. The van der Waals surface area contributed by atoms with Gasteiger partial charge in [-0.3, -0.25) is 9.59 Å². The van der Waals surface area contributed by atoms with E-state index in [4.69, 9.17) is 25.8 Å². The number of ether oxygens (including phenoxy) is 3. The first-order valence-corrected chi connectivity index (χ1v) is 14.8. The standard InChI is InChI=1S/C34H39ClFNO5/c1-33(2)15-24-30(26(38)17-33)29(31-25(37(24)11-12-40-5)16-34(3,4)18-27(31)39)21-13-23(35)32(28(14-21)41-6)42-19-20-7-9-22(36)10-8-20/h7-10,13-14,29H,11-12,15-19H2,1-6H3. The van der Waals surface area contributed by atoms with Crippen molar-refractivity contribution in [1.29, 1.82) is 0 Å². The highest BCUT2D eigenvalue weighted by atomic mass is 35.5. The number of rotatable bonds is 8. The Hall–Kier alpha value is -3.16. The number of carbonyl (C=O) groups is 2. The van der Waals surface area contributed by atoms with Gasteiger partial charge in [-0.05, 0) is 59.1 Å². The normalized spacial score (nSPS) is 20.0. The average Bonchev–Trinajstić information content (AvgIpc) is 2.90. The van der Waals surface area contributed by atoms with Crippen molar-refractivity contribution in [1.82, 2.24) is 4.90 Å². The van der Waals surface area contributed by atoms with E-state index in [1.807, 2.05) is 6.07 Å². The molecule has 0 atom stereocenters. The minimum atomic E-state index is -0.557. The van der Waals surface area contributed by atoms with Crippen molar-refractivity contribution in [3.05, 3.63) is 80.9 Å². The monoisotopic (exact) mass is 595 g/mol. The van der Waals surface area contributed by atoms with Crippen LogP contribution in [0.15, 0.2) is 58.9 Å². The molecule has 224 valence electrons. The van der Waals surface area contributed by atoms with Gasteiger partial charge in [0.05, 0.1) is 18.7 Å². The lowest BCUT2D eigenvalue weighted by molar-refractivity contribution is -0.119. The van der Waals surface area contributed by atoms with Crippen LogP contribution >= 0.6 is 11.6 Å². The first-order chi connectivity index (χ1) is 19.8. The summed E-state index contributed by atoms with van der Waals surface area (Å²) in [7, 11) is 3.20. The fraction of sp³-hybridized carbons (Fsp3) is 0.471. The quantitative estimate of drug-likeness (QED) is 0.317. The number of allylic oxidation sites excluding steroid dienone is 4. The maximum absolute atomic E-state index is 14.0. The van der Waals surface area contributed by atoms with Gasteiger partial charge in [-0.15, -0.1) is 0 Å². The number of benzene rings is 2. The van der Waals surface area contributed by atoms with E-state index in [2.05, 4.69) is 32.6 Å². The first-order valence-electron chi connectivity index (χ1n) is 14.4. The molecule has 0 amide bonds. The Morgan fingerprint density at radius 3 is 2.00 bits per heavy atom. The average molecular weight is 596 g/mol. The van der Waals surface area contributed by atoms with Crippen LogP contribution in [0.5, 0.6) is 11.5 Å². The molecule has 6 nitrogen and oxygen atoms in total. The van der Waals surface area contributed by atoms with E-state index in [1.54, 1.807) is 25.3 Å². The molecule has 0 aromatic heterocycles. The van der Waals surface area contributed by atoms with Crippen molar-refractivity contribution in [3.63, 3.8) is 0 Å². The van der Waals surface area contributed by atoms with Gasteiger partial charge < -0.3 is 19.1 Å². The summed E-state index contributed by atoms with van der Waals surface area (Å²) >= 11 is 6.84. The molecule has 5 rings (SSSR count). The van der Waals surface area contributed by atoms with E-state index in [-0.39, 0.29) is 34.8 Å². The largest absolute Gasteiger partial charge is 0.493 e. The van der Waals surface area contributed by atoms with Crippen molar-refractivity contribution in [2.24, 2.45) is 10.8 Å². The Bertz CT molecular complexity index is 1420. The van der Waals surface area contributed by atoms with Gasteiger partial charge in [-0.2, -0.15) is 0 Å². The third kappa shape index (κ3) is 5.86. The Morgan fingerprint density at radius 1 is 0.905 bits per heavy atom. The van der Waals surface area contributed by atoms with Crippen molar-refractivity contribution in [3.8, 4) is 11.5 Å². The highest BCUT2D eigenvalue weighted by Gasteiger charge is 2.49. The maximum atomic E-state index is 14.0. The molecule has 42 heavy (non-hydrogen) atoms. The zero-order valence-corrected chi connectivity index (χ0v) is 26.0. The molecule has 2 aromatic rings. The molecule has 1 aliphatic heterocycles. The summed E-state index contributed by atoms with van der Waals surface area (Å²) in [5, 5.41) is 0.310. The van der Waals surface area contributed by atoms with Crippen molar-refractivity contribution < 1.29 is 28.2 Å². The number of halogens is 2. The van der Waals surface area contributed by atoms with Gasteiger partial charge in [0, 0.05) is 55.0 Å². The van der Waals surface area contributed by atoms with E-state index in [1.165, 1.54) is 19.2 Å². The number of methoxy groups -OCH3 is 2. The fourth-order valence-electron chi connectivity index (χ4n) is 6.62. The van der Waals surface area contributed by atoms with Gasteiger partial charge in [0.2, 0.25) is 0 Å². The van der Waals surface area contributed by atoms with Crippen molar-refractivity contribution in [2.45, 2.75) is 65.9 Å². The molecule has 0 bridgehead atoms. The van der Waals surface area contributed by atoms with E-state index in [0.29, 0.717) is 66.5 Å². The summed E-state index contributed by atoms with van der Waals surface area (Å²) in [5.41, 5.74) is 4.32. The molecule has 0 fully saturated rings. The van der Waals surface area contributed by atoms with Crippen LogP contribution < -0.4 is 9.47 Å². The van der Waals surface area contributed by atoms with Crippen LogP contribution in [0.4, 0.5) is 4.39 Å². The number of ketones is 2. The van der Waals surface area contributed by atoms with Crippen LogP contribution in [0.1, 0.15) is 70.4 Å². The zero-order chi connectivity index (χ0) is 30.4. The van der Waals surface area contributed by atoms with E-state index >= 15 is 0 Å². The lowest BCUT2D eigenvalue weighted by Crippen LogP contribution is -2.45. The summed E-state index contributed by atoms with van der Waals surface area (Å²) < 4.78 is 30.6. The number of nitrogens with zero attached hydrogens (tertiary/aromatic N) is 1. The predicted molar refractivity (Wildman–Crippen MR) is 160 cm³/mol. The second kappa shape index (κ2) is 11.5. The molecule has 0 N–H and O–H groups in total. The molecule has 0 radical (unpaired) electrons. The van der Waals surface area contributed by atoms with Gasteiger partial charge in [0.25, 0.3) is 0 Å². The van der Waals surface area contributed by atoms with Gasteiger partial charge in [0.1, 0.15) is 12.4 Å². The number of carbonyl (C=O) groups excluding carboxylic acids is 2. The van der Waals surface area contributed by atoms with Gasteiger partial charge in [-0.1, -0.05) is 51.4 Å². The summed E-state index contributed by atoms with van der Waals surface area (Å²) in [6.45, 7) is 9.67. The van der Waals surface area contributed by atoms with Crippen molar-refractivity contribution in [2.75, 3.05) is 27.4 Å². The van der Waals surface area contributed by atoms with Gasteiger partial charge in [-0.25, -0.2) is 4.39 Å². The van der Waals surface area contributed by atoms with Crippen LogP contribution in [0.3, 0.4) is 0 Å². The van der Waals surface area contributed by atoms with E-state index < -0.39 is 5.92 Å². The highest BCUT2D eigenvalue weighted by Crippen LogP contribution is 2.55. The number of hydrogen-bond donors (Lipinski definition) is 0. The molecular weight excluding hydrogens is 557 g/mol. The van der Waals surface area contributed by atoms with Gasteiger partial charge in [0.15, 0.2) is 23.1 Å². The topological polar surface area (TPSA) is 65.1 Å². The van der Waals surface area contributed by atoms with Gasteiger partial charge >= 0.3 is 0 Å². The molecule has 0 unspecified atom stereocenters. The van der Waals surface area contributed by atoms with E-state index in [9.17, 15) is 14.0 Å². The Balaban J connectivity index is 1.65. The molecule has 0 spiro atoms. The van der Waals surface area contributed by atoms with Crippen molar-refractivity contribution >= 4 is 23.2 Å². The first kappa shape index (κ1) is 30.3. The summed E-state index contributed by atoms with van der Waals surface area (Å²) in [5.74, 6) is -0.0402. The second-order valence-corrected chi connectivity index (χ2v) is 13.5. The molecule has 0 saturated heterocycles. The van der Waals surface area contributed by atoms with Crippen LogP contribution in [0.25, 0.3) is 0 Å². The summed E-state index contributed by atoms with van der Waals surface area (Å²) in [4.78, 5) is 30.2. The van der Waals surface area contributed by atoms with Crippen LogP contribution in [0, 0.1) is 16.6 Å². The van der Waals surface area contributed by atoms with Crippen LogP contribution in [-0.2, 0) is 20.9 Å². The molecule has 0 saturated carbocycles. The molecule has 2 aliphatic carbocycles. The lowest BCUT2D eigenvalue weighted by atomic mass is 9.63. The second-order valence-electron chi connectivity index (χ2n) is 13.1. The van der Waals surface area contributed by atoms with Crippen LogP contribution in [-0.4, -0.2) is 43.8 Å². The minimum absolute atomic E-state index is 0.0459. The number of Topliss-reactive ketones (excluding diaryl/α,β-unsaturated/α-hetero) is 2. The SMILES string of the molecule is COCCN1C2=C(C(=O)CC(C)(C)C2)C(c2cc(Cl)c(OCc3ccc(F)cc3)c(OC)c2)C2=C1CC(C)(C)CC2=O. The highest BCUT2D eigenvalue weighted by molar-refractivity contribution is 6.32. The lowest BCUT2D eigenvalue weighted by Gasteiger charge is -2.49. The smallest absolute Gasteiger partial charge is 0.180 e. The number of hydrogen-bond acceptors (Lipinski definition) is 6. The summed E-state index contributed by atoms with van der Waals surface area (Å²) in [6, 6.07) is 9.67. The molecular formula is C34H39ClFNO5. The fourth-order valence-corrected chi connectivity index (χ4v) is 6.89. The third-order valence-electron chi connectivity index (χ3n) is 8.42. The molecule has 8 heteroatoms.